The van der Waals surface area contributed by atoms with Crippen molar-refractivity contribution in [2.24, 2.45) is 5.10 Å². The monoisotopic (exact) mass is 302 g/mol. The summed E-state index contributed by atoms with van der Waals surface area (Å²) in [7, 11) is 3.06. The first-order chi connectivity index (χ1) is 10.7. The first-order valence-corrected chi connectivity index (χ1v) is 6.81. The summed E-state index contributed by atoms with van der Waals surface area (Å²) in [5, 5.41) is 4.11. The Hall–Kier alpha value is -2.76. The van der Waals surface area contributed by atoms with E-state index in [0.717, 1.165) is 0 Å². The Balaban J connectivity index is 2.18. The highest BCUT2D eigenvalue weighted by atomic mass is 16.5. The summed E-state index contributed by atoms with van der Waals surface area (Å²) < 4.78 is 15.6. The molecule has 0 bridgehead atoms. The molecule has 2 rings (SSSR count). The molecule has 0 saturated carbocycles. The number of amides is 1. The van der Waals surface area contributed by atoms with Crippen molar-refractivity contribution in [1.82, 2.24) is 5.43 Å². The van der Waals surface area contributed by atoms with Crippen LogP contribution in [0.15, 0.2) is 46.1 Å². The van der Waals surface area contributed by atoms with E-state index in [1.54, 1.807) is 36.6 Å². The standard InChI is InChI=1S/C16H18N2O4/c1-4-14(15-6-5-7-22-15)17-18-16(19)11-8-12(20-2)10-13(9-11)21-3/h5-10H,4H2,1-3H3,(H,18,19)/b17-14-. The summed E-state index contributed by atoms with van der Waals surface area (Å²) in [6.45, 7) is 1.93. The molecular weight excluding hydrogens is 284 g/mol. The fourth-order valence-electron chi connectivity index (χ4n) is 1.87. The third-order valence-electron chi connectivity index (χ3n) is 3.05. The number of carbonyl (C=O) groups is 1. The number of methoxy groups -OCH3 is 2. The van der Waals surface area contributed by atoms with Crippen LogP contribution in [0.1, 0.15) is 29.5 Å². The lowest BCUT2D eigenvalue weighted by Crippen LogP contribution is -2.20. The van der Waals surface area contributed by atoms with Crippen molar-refractivity contribution in [3.8, 4) is 11.5 Å². The van der Waals surface area contributed by atoms with Gasteiger partial charge in [0.25, 0.3) is 5.91 Å². The largest absolute Gasteiger partial charge is 0.497 e. The molecule has 116 valence electrons. The minimum Gasteiger partial charge on any atom is -0.497 e. The number of ether oxygens (including phenoxy) is 2. The van der Waals surface area contributed by atoms with E-state index in [-0.39, 0.29) is 5.91 Å². The number of nitrogens with one attached hydrogen (secondary N) is 1. The molecule has 1 N–H and O–H groups in total. The van der Waals surface area contributed by atoms with Crippen LogP contribution < -0.4 is 14.9 Å². The number of rotatable bonds is 6. The molecule has 0 spiro atoms. The Morgan fingerprint density at radius 1 is 1.23 bits per heavy atom. The van der Waals surface area contributed by atoms with Gasteiger partial charge in [0.05, 0.1) is 20.5 Å². The van der Waals surface area contributed by atoms with Crippen molar-refractivity contribution in [3.63, 3.8) is 0 Å². The maximum atomic E-state index is 12.2. The molecule has 1 amide bonds. The van der Waals surface area contributed by atoms with Crippen LogP contribution in [0, 0.1) is 0 Å². The minimum absolute atomic E-state index is 0.352. The summed E-state index contributed by atoms with van der Waals surface area (Å²) in [5.74, 6) is 1.35. The van der Waals surface area contributed by atoms with Gasteiger partial charge in [0.15, 0.2) is 0 Å². The fraction of sp³-hybridized carbons (Fsp3) is 0.250. The first-order valence-electron chi connectivity index (χ1n) is 6.81. The summed E-state index contributed by atoms with van der Waals surface area (Å²) >= 11 is 0. The molecule has 0 radical (unpaired) electrons. The third-order valence-corrected chi connectivity index (χ3v) is 3.05. The van der Waals surface area contributed by atoms with Gasteiger partial charge in [-0.1, -0.05) is 6.92 Å². The smallest absolute Gasteiger partial charge is 0.271 e. The molecule has 0 atom stereocenters. The highest BCUT2D eigenvalue weighted by Gasteiger charge is 2.10. The van der Waals surface area contributed by atoms with E-state index in [1.165, 1.54) is 14.2 Å². The lowest BCUT2D eigenvalue weighted by molar-refractivity contribution is 0.0954. The molecule has 2 aromatic rings. The Labute approximate surface area is 128 Å². The van der Waals surface area contributed by atoms with Gasteiger partial charge in [0.1, 0.15) is 23.0 Å². The number of furan rings is 1. The van der Waals surface area contributed by atoms with Gasteiger partial charge in [0, 0.05) is 11.6 Å². The van der Waals surface area contributed by atoms with E-state index in [2.05, 4.69) is 10.5 Å². The second-order valence-corrected chi connectivity index (χ2v) is 4.43. The third kappa shape index (κ3) is 3.66. The Morgan fingerprint density at radius 2 is 1.91 bits per heavy atom. The molecule has 0 aliphatic rings. The van der Waals surface area contributed by atoms with E-state index in [0.29, 0.717) is 35.0 Å². The maximum Gasteiger partial charge on any atom is 0.271 e. The summed E-state index contributed by atoms with van der Waals surface area (Å²) in [6.07, 6.45) is 2.20. The van der Waals surface area contributed by atoms with Gasteiger partial charge in [-0.3, -0.25) is 4.79 Å². The molecule has 0 aliphatic carbocycles. The van der Waals surface area contributed by atoms with Gasteiger partial charge < -0.3 is 13.9 Å². The van der Waals surface area contributed by atoms with Gasteiger partial charge in [-0.2, -0.15) is 5.10 Å². The number of nitrogens with zero attached hydrogens (tertiary/aromatic N) is 1. The van der Waals surface area contributed by atoms with Crippen LogP contribution in [0.5, 0.6) is 11.5 Å². The molecule has 0 aliphatic heterocycles. The van der Waals surface area contributed by atoms with Crippen LogP contribution in [-0.2, 0) is 0 Å². The number of hydrogen-bond donors (Lipinski definition) is 1. The zero-order valence-electron chi connectivity index (χ0n) is 12.8. The fourth-order valence-corrected chi connectivity index (χ4v) is 1.87. The highest BCUT2D eigenvalue weighted by Crippen LogP contribution is 2.22. The van der Waals surface area contributed by atoms with Crippen LogP contribution >= 0.6 is 0 Å². The van der Waals surface area contributed by atoms with Crippen molar-refractivity contribution in [2.75, 3.05) is 14.2 Å². The summed E-state index contributed by atoms with van der Waals surface area (Å²) in [6, 6.07) is 8.50. The molecule has 1 heterocycles. The number of benzene rings is 1. The molecule has 0 fully saturated rings. The van der Waals surface area contributed by atoms with Crippen molar-refractivity contribution in [1.29, 1.82) is 0 Å². The van der Waals surface area contributed by atoms with Crippen LogP contribution in [0.3, 0.4) is 0 Å². The zero-order valence-corrected chi connectivity index (χ0v) is 12.8. The highest BCUT2D eigenvalue weighted by molar-refractivity contribution is 6.00. The Bertz CT molecular complexity index is 641. The summed E-state index contributed by atoms with van der Waals surface area (Å²) in [5.41, 5.74) is 3.58. The quantitative estimate of drug-likeness (QED) is 0.658. The molecular formula is C16H18N2O4. The van der Waals surface area contributed by atoms with Crippen molar-refractivity contribution in [2.45, 2.75) is 13.3 Å². The average Bonchev–Trinajstić information content (AvgIpc) is 3.09. The second-order valence-electron chi connectivity index (χ2n) is 4.43. The predicted molar refractivity (Wildman–Crippen MR) is 82.5 cm³/mol. The molecule has 6 nitrogen and oxygen atoms in total. The van der Waals surface area contributed by atoms with Gasteiger partial charge in [-0.25, -0.2) is 5.43 Å². The number of carbonyl (C=O) groups excluding carboxylic acids is 1. The van der Waals surface area contributed by atoms with Crippen LogP contribution in [0.4, 0.5) is 0 Å². The van der Waals surface area contributed by atoms with Crippen molar-refractivity contribution >= 4 is 11.6 Å². The average molecular weight is 302 g/mol. The second kappa shape index (κ2) is 7.31. The van der Waals surface area contributed by atoms with Crippen LogP contribution in [0.2, 0.25) is 0 Å². The Kier molecular flexibility index (Phi) is 5.19. The molecule has 1 aromatic heterocycles. The first kappa shape index (κ1) is 15.6. The van der Waals surface area contributed by atoms with E-state index in [1.807, 2.05) is 6.92 Å². The molecule has 1 aromatic carbocycles. The lowest BCUT2D eigenvalue weighted by Gasteiger charge is -2.08. The molecule has 6 heteroatoms. The van der Waals surface area contributed by atoms with Crippen molar-refractivity contribution < 1.29 is 18.7 Å². The minimum atomic E-state index is -0.352. The van der Waals surface area contributed by atoms with Gasteiger partial charge in [0.2, 0.25) is 0 Å². The van der Waals surface area contributed by atoms with Gasteiger partial charge in [-0.15, -0.1) is 0 Å². The van der Waals surface area contributed by atoms with Crippen molar-refractivity contribution in [3.05, 3.63) is 47.9 Å². The van der Waals surface area contributed by atoms with E-state index in [9.17, 15) is 4.79 Å². The maximum absolute atomic E-state index is 12.2. The van der Waals surface area contributed by atoms with Gasteiger partial charge in [-0.05, 0) is 30.7 Å². The number of hydrazone groups is 1. The number of hydrogen-bond acceptors (Lipinski definition) is 5. The lowest BCUT2D eigenvalue weighted by atomic mass is 10.2. The molecule has 0 unspecified atom stereocenters. The summed E-state index contributed by atoms with van der Waals surface area (Å²) in [4.78, 5) is 12.2. The Morgan fingerprint density at radius 3 is 2.41 bits per heavy atom. The van der Waals surface area contributed by atoms with E-state index in [4.69, 9.17) is 13.9 Å². The van der Waals surface area contributed by atoms with Crippen LogP contribution in [-0.4, -0.2) is 25.8 Å². The van der Waals surface area contributed by atoms with E-state index < -0.39 is 0 Å². The van der Waals surface area contributed by atoms with Crippen LogP contribution in [0.25, 0.3) is 0 Å². The zero-order chi connectivity index (χ0) is 15.9. The normalized spacial score (nSPS) is 11.1. The predicted octanol–water partition coefficient (Wildman–Crippen LogP) is 2.84. The van der Waals surface area contributed by atoms with Gasteiger partial charge >= 0.3 is 0 Å². The SMILES string of the molecule is CC/C(=N/NC(=O)c1cc(OC)cc(OC)c1)c1ccco1. The molecule has 22 heavy (non-hydrogen) atoms. The topological polar surface area (TPSA) is 73.1 Å². The van der Waals surface area contributed by atoms with E-state index >= 15 is 0 Å². The molecule has 0 saturated heterocycles.